The summed E-state index contributed by atoms with van der Waals surface area (Å²) < 4.78 is 0. The monoisotopic (exact) mass is 470 g/mol. The number of rotatable bonds is 14. The van der Waals surface area contributed by atoms with Gasteiger partial charge >= 0.3 is 5.97 Å². The van der Waals surface area contributed by atoms with E-state index in [4.69, 9.17) is 22.6 Å². The van der Waals surface area contributed by atoms with E-state index in [2.05, 4.69) is 16.0 Å². The number of nitrogens with one attached hydrogen (secondary N) is 4. The van der Waals surface area contributed by atoms with Gasteiger partial charge in [-0.15, -0.1) is 0 Å². The van der Waals surface area contributed by atoms with Crippen molar-refractivity contribution in [2.24, 2.45) is 17.2 Å². The molecular weight excluding hydrogens is 432 g/mol. The second-order valence-electron chi connectivity index (χ2n) is 8.19. The van der Waals surface area contributed by atoms with Crippen molar-refractivity contribution < 1.29 is 24.3 Å². The maximum absolute atomic E-state index is 12.8. The van der Waals surface area contributed by atoms with E-state index in [1.165, 1.54) is 11.8 Å². The van der Waals surface area contributed by atoms with Crippen LogP contribution in [0, 0.1) is 5.41 Å². The van der Waals surface area contributed by atoms with Gasteiger partial charge in [0, 0.05) is 13.1 Å². The SMILES string of the molecule is C[C@H](NC(=O)[C@@H]1CCCN1C(=O)[C@@H](N)CCCNC(=N)N)C(=O)N[C@@H](CCCCN)C(=O)O. The third-order valence-corrected chi connectivity index (χ3v) is 5.48. The molecule has 0 aromatic heterocycles. The molecule has 11 N–H and O–H groups in total. The van der Waals surface area contributed by atoms with Crippen molar-refractivity contribution >= 4 is 29.7 Å². The van der Waals surface area contributed by atoms with E-state index in [9.17, 15) is 24.3 Å². The first-order valence-corrected chi connectivity index (χ1v) is 11.3. The van der Waals surface area contributed by atoms with Crippen molar-refractivity contribution in [2.75, 3.05) is 19.6 Å². The Morgan fingerprint density at radius 1 is 1.15 bits per heavy atom. The van der Waals surface area contributed by atoms with E-state index >= 15 is 0 Å². The molecular formula is C20H38N8O5. The molecule has 33 heavy (non-hydrogen) atoms. The normalized spacial score (nSPS) is 18.2. The quantitative estimate of drug-likeness (QED) is 0.0778. The molecule has 13 nitrogen and oxygen atoms in total. The van der Waals surface area contributed by atoms with E-state index in [-0.39, 0.29) is 18.3 Å². The van der Waals surface area contributed by atoms with Crippen LogP contribution < -0.4 is 33.2 Å². The molecule has 1 aliphatic rings. The highest BCUT2D eigenvalue weighted by Crippen LogP contribution is 2.19. The number of guanidine groups is 1. The second-order valence-corrected chi connectivity index (χ2v) is 8.19. The molecule has 0 spiro atoms. The molecule has 4 atom stereocenters. The Kier molecular flexibility index (Phi) is 12.1. The molecule has 188 valence electrons. The summed E-state index contributed by atoms with van der Waals surface area (Å²) in [5, 5.41) is 24.1. The number of likely N-dealkylation sites (tertiary alicyclic amines) is 1. The summed E-state index contributed by atoms with van der Waals surface area (Å²) in [6.45, 7) is 2.69. The number of unbranched alkanes of at least 4 members (excludes halogenated alkanes) is 1. The van der Waals surface area contributed by atoms with Gasteiger partial charge < -0.3 is 43.2 Å². The van der Waals surface area contributed by atoms with Crippen molar-refractivity contribution in [3.05, 3.63) is 0 Å². The van der Waals surface area contributed by atoms with Gasteiger partial charge in [-0.2, -0.15) is 0 Å². The minimum Gasteiger partial charge on any atom is -0.480 e. The van der Waals surface area contributed by atoms with Gasteiger partial charge in [-0.25, -0.2) is 4.79 Å². The molecule has 1 aliphatic heterocycles. The van der Waals surface area contributed by atoms with Crippen LogP contribution >= 0.6 is 0 Å². The summed E-state index contributed by atoms with van der Waals surface area (Å²) in [5.74, 6) is -2.76. The van der Waals surface area contributed by atoms with Crippen molar-refractivity contribution in [3.8, 4) is 0 Å². The zero-order chi connectivity index (χ0) is 25.0. The van der Waals surface area contributed by atoms with Crippen LogP contribution in [0.5, 0.6) is 0 Å². The Balaban J connectivity index is 2.59. The lowest BCUT2D eigenvalue weighted by atomic mass is 10.1. The van der Waals surface area contributed by atoms with Gasteiger partial charge in [0.15, 0.2) is 5.96 Å². The smallest absolute Gasteiger partial charge is 0.326 e. The van der Waals surface area contributed by atoms with Crippen molar-refractivity contribution in [2.45, 2.75) is 76.0 Å². The van der Waals surface area contributed by atoms with Crippen LogP contribution in [0.1, 0.15) is 51.9 Å². The van der Waals surface area contributed by atoms with Crippen molar-refractivity contribution in [1.29, 1.82) is 5.41 Å². The average Bonchev–Trinajstić information content (AvgIpc) is 3.25. The van der Waals surface area contributed by atoms with Crippen molar-refractivity contribution in [3.63, 3.8) is 0 Å². The Bertz CT molecular complexity index is 704. The summed E-state index contributed by atoms with van der Waals surface area (Å²) in [4.78, 5) is 50.7. The van der Waals surface area contributed by atoms with Gasteiger partial charge in [-0.1, -0.05) is 0 Å². The topological polar surface area (TPSA) is 230 Å². The predicted octanol–water partition coefficient (Wildman–Crippen LogP) is -2.23. The highest BCUT2D eigenvalue weighted by atomic mass is 16.4. The van der Waals surface area contributed by atoms with E-state index < -0.39 is 42.0 Å². The number of amides is 3. The highest BCUT2D eigenvalue weighted by Gasteiger charge is 2.37. The molecule has 3 amide bonds. The summed E-state index contributed by atoms with van der Waals surface area (Å²) in [7, 11) is 0. The summed E-state index contributed by atoms with van der Waals surface area (Å²) >= 11 is 0. The number of nitrogens with two attached hydrogens (primary N) is 3. The fraction of sp³-hybridized carbons (Fsp3) is 0.750. The van der Waals surface area contributed by atoms with Gasteiger partial charge in [0.1, 0.15) is 18.1 Å². The first-order chi connectivity index (χ1) is 15.6. The van der Waals surface area contributed by atoms with Gasteiger partial charge in [-0.05, 0) is 58.4 Å². The summed E-state index contributed by atoms with van der Waals surface area (Å²) in [5.41, 5.74) is 16.6. The van der Waals surface area contributed by atoms with E-state index in [1.54, 1.807) is 0 Å². The average molecular weight is 471 g/mol. The van der Waals surface area contributed by atoms with Gasteiger partial charge in [-0.3, -0.25) is 19.8 Å². The third-order valence-electron chi connectivity index (χ3n) is 5.48. The Hall–Kier alpha value is -2.93. The van der Waals surface area contributed by atoms with Crippen LogP contribution in [0.2, 0.25) is 0 Å². The molecule has 0 radical (unpaired) electrons. The van der Waals surface area contributed by atoms with E-state index in [0.717, 1.165) is 0 Å². The Labute approximate surface area is 193 Å². The predicted molar refractivity (Wildman–Crippen MR) is 122 cm³/mol. The van der Waals surface area contributed by atoms with Gasteiger partial charge in [0.25, 0.3) is 0 Å². The van der Waals surface area contributed by atoms with Gasteiger partial charge in [0.05, 0.1) is 6.04 Å². The van der Waals surface area contributed by atoms with Crippen LogP contribution in [-0.2, 0) is 19.2 Å². The van der Waals surface area contributed by atoms with Gasteiger partial charge in [0.2, 0.25) is 17.7 Å². The number of carboxylic acids is 1. The number of aliphatic carboxylic acids is 1. The number of nitrogens with zero attached hydrogens (tertiary/aromatic N) is 1. The lowest BCUT2D eigenvalue weighted by molar-refractivity contribution is -0.143. The maximum Gasteiger partial charge on any atom is 0.326 e. The molecule has 13 heteroatoms. The first kappa shape index (κ1) is 28.1. The number of hydrogen-bond donors (Lipinski definition) is 8. The molecule has 0 aromatic carbocycles. The minimum absolute atomic E-state index is 0.158. The molecule has 0 unspecified atom stereocenters. The molecule has 0 aromatic rings. The molecule has 0 aliphatic carbocycles. The summed E-state index contributed by atoms with van der Waals surface area (Å²) in [6, 6.07) is -3.58. The molecule has 0 saturated carbocycles. The highest BCUT2D eigenvalue weighted by molar-refractivity contribution is 5.94. The molecule has 1 fully saturated rings. The minimum atomic E-state index is -1.15. The van der Waals surface area contributed by atoms with E-state index in [1.807, 2.05) is 0 Å². The van der Waals surface area contributed by atoms with E-state index in [0.29, 0.717) is 58.2 Å². The number of hydrogen-bond acceptors (Lipinski definition) is 7. The van der Waals surface area contributed by atoms with Crippen molar-refractivity contribution in [1.82, 2.24) is 20.9 Å². The number of carboxylic acid groups (broad SMARTS) is 1. The third kappa shape index (κ3) is 9.61. The largest absolute Gasteiger partial charge is 0.480 e. The molecule has 1 heterocycles. The number of carbonyl (C=O) groups excluding carboxylic acids is 3. The van der Waals surface area contributed by atoms with Crippen LogP contribution in [0.25, 0.3) is 0 Å². The maximum atomic E-state index is 12.8. The fourth-order valence-electron chi connectivity index (χ4n) is 3.61. The lowest BCUT2D eigenvalue weighted by Crippen LogP contribution is -2.55. The second kappa shape index (κ2) is 14.3. The molecule has 0 bridgehead atoms. The Morgan fingerprint density at radius 2 is 1.85 bits per heavy atom. The zero-order valence-electron chi connectivity index (χ0n) is 19.1. The van der Waals surface area contributed by atoms with Crippen LogP contribution in [0.3, 0.4) is 0 Å². The lowest BCUT2D eigenvalue weighted by Gasteiger charge is -2.28. The first-order valence-electron chi connectivity index (χ1n) is 11.3. The number of carbonyl (C=O) groups is 4. The fourth-order valence-corrected chi connectivity index (χ4v) is 3.61. The van der Waals surface area contributed by atoms with Crippen LogP contribution in [0.4, 0.5) is 0 Å². The molecule has 1 saturated heterocycles. The van der Waals surface area contributed by atoms with Crippen LogP contribution in [0.15, 0.2) is 0 Å². The summed E-state index contributed by atoms with van der Waals surface area (Å²) in [6.07, 6.45) is 3.41. The zero-order valence-corrected chi connectivity index (χ0v) is 19.1. The standard InChI is InChI=1S/C20H38N8O5/c1-12(16(29)27-14(19(32)33)7-2-3-9-21)26-17(30)15-8-5-11-28(15)18(31)13(22)6-4-10-25-20(23)24/h12-15H,2-11,21-22H2,1H3,(H,26,30)(H,27,29)(H,32,33)(H4,23,24,25)/t12-,13-,14-,15-/m0/s1. The molecule has 1 rings (SSSR count). The Morgan fingerprint density at radius 3 is 2.45 bits per heavy atom. The van der Waals surface area contributed by atoms with Crippen LogP contribution in [-0.4, -0.2) is 83.5 Å².